The number of hydrogen-bond donors (Lipinski definition) is 0. The van der Waals surface area contributed by atoms with Gasteiger partial charge >= 0.3 is 6.18 Å². The van der Waals surface area contributed by atoms with Gasteiger partial charge in [-0.05, 0) is 42.3 Å². The van der Waals surface area contributed by atoms with Crippen LogP contribution in [-0.4, -0.2) is 9.97 Å². The second kappa shape index (κ2) is 8.80. The Morgan fingerprint density at radius 1 is 0.893 bits per heavy atom. The normalized spacial score (nSPS) is 11.9. The van der Waals surface area contributed by atoms with Crippen LogP contribution < -0.4 is 0 Å². The maximum atomic E-state index is 12.6. The number of alkyl halides is 3. The molecule has 0 spiro atoms. The fourth-order valence-corrected chi connectivity index (χ4v) is 2.63. The molecule has 0 aliphatic rings. The highest BCUT2D eigenvalue weighted by molar-refractivity contribution is 5.68. The molecule has 0 N–H and O–H groups in total. The van der Waals surface area contributed by atoms with Crippen LogP contribution in [0.4, 0.5) is 13.2 Å². The van der Waals surface area contributed by atoms with E-state index in [1.807, 2.05) is 30.3 Å². The number of nitrogens with zero attached hydrogens (tertiary/aromatic N) is 2. The Morgan fingerprint density at radius 3 is 2.29 bits per heavy atom. The molecule has 28 heavy (non-hydrogen) atoms. The topological polar surface area (TPSA) is 35.0 Å². The van der Waals surface area contributed by atoms with Gasteiger partial charge in [-0.3, -0.25) is 0 Å². The van der Waals surface area contributed by atoms with E-state index in [2.05, 4.69) is 9.97 Å². The van der Waals surface area contributed by atoms with Crippen molar-refractivity contribution in [1.82, 2.24) is 9.97 Å². The lowest BCUT2D eigenvalue weighted by molar-refractivity contribution is -0.137. The smallest absolute Gasteiger partial charge is 0.370 e. The number of benzene rings is 2. The quantitative estimate of drug-likeness (QED) is 0.548. The molecule has 0 fully saturated rings. The van der Waals surface area contributed by atoms with Crippen LogP contribution in [0, 0.1) is 6.92 Å². The van der Waals surface area contributed by atoms with Crippen molar-refractivity contribution in [2.75, 3.05) is 0 Å². The summed E-state index contributed by atoms with van der Waals surface area (Å²) in [6.07, 6.45) is -0.866. The minimum Gasteiger partial charge on any atom is -0.370 e. The molecule has 0 aliphatic heterocycles. The number of aryl methyl sites for hydroxylation is 1. The summed E-state index contributed by atoms with van der Waals surface area (Å²) in [6, 6.07) is 16.6. The van der Waals surface area contributed by atoms with Crippen LogP contribution in [0.1, 0.15) is 33.9 Å². The van der Waals surface area contributed by atoms with E-state index in [0.717, 1.165) is 23.4 Å². The van der Waals surface area contributed by atoms with Gasteiger partial charge in [-0.25, -0.2) is 9.97 Å². The summed E-state index contributed by atoms with van der Waals surface area (Å²) in [7, 11) is 0. The van der Waals surface area contributed by atoms with Crippen molar-refractivity contribution in [2.45, 2.75) is 26.3 Å². The van der Waals surface area contributed by atoms with Crippen molar-refractivity contribution < 1.29 is 17.9 Å². The number of aromatic nitrogens is 2. The van der Waals surface area contributed by atoms with Crippen LogP contribution in [0.15, 0.2) is 60.7 Å². The summed E-state index contributed by atoms with van der Waals surface area (Å²) in [4.78, 5) is 8.70. The van der Waals surface area contributed by atoms with Crippen LogP contribution in [0.5, 0.6) is 0 Å². The largest absolute Gasteiger partial charge is 0.416 e. The van der Waals surface area contributed by atoms with Gasteiger partial charge < -0.3 is 4.74 Å². The molecule has 0 saturated heterocycles. The fourth-order valence-electron chi connectivity index (χ4n) is 2.63. The van der Waals surface area contributed by atoms with Crippen molar-refractivity contribution in [3.63, 3.8) is 0 Å². The van der Waals surface area contributed by atoms with E-state index in [0.29, 0.717) is 30.3 Å². The monoisotopic (exact) mass is 384 g/mol. The molecule has 0 amide bonds. The third kappa shape index (κ3) is 5.76. The predicted molar refractivity (Wildman–Crippen MR) is 102 cm³/mol. The zero-order valence-electron chi connectivity index (χ0n) is 15.3. The first-order chi connectivity index (χ1) is 13.4. The molecule has 0 saturated carbocycles. The summed E-state index contributed by atoms with van der Waals surface area (Å²) < 4.78 is 43.6. The zero-order chi connectivity index (χ0) is 20.0. The van der Waals surface area contributed by atoms with E-state index in [-0.39, 0.29) is 0 Å². The van der Waals surface area contributed by atoms with Crippen molar-refractivity contribution >= 4 is 12.2 Å². The lowest BCUT2D eigenvalue weighted by Crippen LogP contribution is -2.03. The predicted octanol–water partition coefficient (Wildman–Crippen LogP) is 5.69. The van der Waals surface area contributed by atoms with E-state index >= 15 is 0 Å². The minimum atomic E-state index is -4.33. The average molecular weight is 384 g/mol. The Kier molecular flexibility index (Phi) is 6.21. The van der Waals surface area contributed by atoms with Gasteiger partial charge in [0.2, 0.25) is 0 Å². The molecule has 6 heteroatoms. The highest BCUT2D eigenvalue weighted by atomic mass is 19.4. The molecule has 3 aromatic rings. The third-order valence-corrected chi connectivity index (χ3v) is 3.96. The molecule has 0 aliphatic carbocycles. The van der Waals surface area contributed by atoms with Crippen molar-refractivity contribution in [1.29, 1.82) is 0 Å². The van der Waals surface area contributed by atoms with Crippen LogP contribution in [0.3, 0.4) is 0 Å². The molecular weight excluding hydrogens is 365 g/mol. The van der Waals surface area contributed by atoms with E-state index < -0.39 is 11.7 Å². The molecule has 3 rings (SSSR count). The second-order valence-corrected chi connectivity index (χ2v) is 6.26. The van der Waals surface area contributed by atoms with Gasteiger partial charge in [0.05, 0.1) is 30.2 Å². The van der Waals surface area contributed by atoms with Gasteiger partial charge in [-0.15, -0.1) is 0 Å². The summed E-state index contributed by atoms with van der Waals surface area (Å²) >= 11 is 0. The Bertz CT molecular complexity index is 936. The lowest BCUT2D eigenvalue weighted by Gasteiger charge is -2.06. The van der Waals surface area contributed by atoms with Gasteiger partial charge in [0.25, 0.3) is 0 Å². The van der Waals surface area contributed by atoms with Gasteiger partial charge in [-0.1, -0.05) is 48.5 Å². The SMILES string of the molecule is Cc1nc(/C=C/c2ccc(C(F)(F)F)cc2)cc(COCc2ccccc2)n1. The molecule has 144 valence electrons. The van der Waals surface area contributed by atoms with Crippen LogP contribution in [-0.2, 0) is 24.1 Å². The average Bonchev–Trinajstić information content (AvgIpc) is 2.66. The molecule has 0 atom stereocenters. The van der Waals surface area contributed by atoms with Crippen LogP contribution in [0.25, 0.3) is 12.2 Å². The van der Waals surface area contributed by atoms with Crippen LogP contribution in [0.2, 0.25) is 0 Å². The number of halogens is 3. The van der Waals surface area contributed by atoms with Crippen molar-refractivity contribution in [2.24, 2.45) is 0 Å². The lowest BCUT2D eigenvalue weighted by atomic mass is 10.1. The maximum Gasteiger partial charge on any atom is 0.416 e. The highest BCUT2D eigenvalue weighted by Gasteiger charge is 2.29. The van der Waals surface area contributed by atoms with Gasteiger partial charge in [0.1, 0.15) is 5.82 Å². The Morgan fingerprint density at radius 2 is 1.61 bits per heavy atom. The van der Waals surface area contributed by atoms with Crippen LogP contribution >= 0.6 is 0 Å². The zero-order valence-corrected chi connectivity index (χ0v) is 15.3. The van der Waals surface area contributed by atoms with E-state index in [9.17, 15) is 13.2 Å². The number of ether oxygens (including phenoxy) is 1. The van der Waals surface area contributed by atoms with E-state index in [1.54, 1.807) is 25.1 Å². The molecule has 1 aromatic heterocycles. The van der Waals surface area contributed by atoms with Gasteiger partial charge in [0.15, 0.2) is 0 Å². The molecule has 0 bridgehead atoms. The molecular formula is C22H19F3N2O. The second-order valence-electron chi connectivity index (χ2n) is 6.26. The Balaban J connectivity index is 1.64. The standard InChI is InChI=1S/C22H19F3N2O/c1-16-26-20(12-9-17-7-10-19(11-8-17)22(23,24)25)13-21(27-16)15-28-14-18-5-3-2-4-6-18/h2-13H,14-15H2,1H3/b12-9+. The summed E-state index contributed by atoms with van der Waals surface area (Å²) in [5, 5.41) is 0. The van der Waals surface area contributed by atoms with Crippen molar-refractivity contribution in [3.8, 4) is 0 Å². The van der Waals surface area contributed by atoms with E-state index in [4.69, 9.17) is 4.74 Å². The summed E-state index contributed by atoms with van der Waals surface area (Å²) in [5.41, 5.74) is 2.49. The van der Waals surface area contributed by atoms with E-state index in [1.165, 1.54) is 12.1 Å². The Labute approximate surface area is 161 Å². The molecule has 3 nitrogen and oxygen atoms in total. The fraction of sp³-hybridized carbons (Fsp3) is 0.182. The van der Waals surface area contributed by atoms with Crippen molar-refractivity contribution in [3.05, 3.63) is 94.6 Å². The van der Waals surface area contributed by atoms with Gasteiger partial charge in [-0.2, -0.15) is 13.2 Å². The maximum absolute atomic E-state index is 12.6. The van der Waals surface area contributed by atoms with Gasteiger partial charge in [0, 0.05) is 0 Å². The summed E-state index contributed by atoms with van der Waals surface area (Å²) in [5.74, 6) is 0.605. The first kappa shape index (κ1) is 19.8. The summed E-state index contributed by atoms with van der Waals surface area (Å²) in [6.45, 7) is 2.62. The minimum absolute atomic E-state index is 0.347. The first-order valence-electron chi connectivity index (χ1n) is 8.72. The molecule has 2 aromatic carbocycles. The molecule has 0 radical (unpaired) electrons. The molecule has 1 heterocycles. The third-order valence-electron chi connectivity index (χ3n) is 3.96. The first-order valence-corrected chi connectivity index (χ1v) is 8.72. The molecule has 0 unspecified atom stereocenters. The Hall–Kier alpha value is -2.99. The number of rotatable bonds is 6. The number of hydrogen-bond acceptors (Lipinski definition) is 3. The highest BCUT2D eigenvalue weighted by Crippen LogP contribution is 2.29.